The summed E-state index contributed by atoms with van der Waals surface area (Å²) in [6.07, 6.45) is 2.80. The fourth-order valence-corrected chi connectivity index (χ4v) is 4.96. The molecule has 5 nitrogen and oxygen atoms in total. The van der Waals surface area contributed by atoms with Crippen molar-refractivity contribution in [1.29, 1.82) is 0 Å². The van der Waals surface area contributed by atoms with E-state index in [1.807, 2.05) is 77.7 Å². The third-order valence-electron chi connectivity index (χ3n) is 5.83. The zero-order valence-electron chi connectivity index (χ0n) is 18.9. The Balaban J connectivity index is 1.41. The summed E-state index contributed by atoms with van der Waals surface area (Å²) in [6, 6.07) is 27.7. The van der Waals surface area contributed by atoms with Crippen molar-refractivity contribution in [3.63, 3.8) is 0 Å². The number of amides is 1. The van der Waals surface area contributed by atoms with Crippen LogP contribution in [0, 0.1) is 0 Å². The number of imidazole rings is 1. The Bertz CT molecular complexity index is 1390. The van der Waals surface area contributed by atoms with Gasteiger partial charge in [-0.15, -0.1) is 11.3 Å². The first kappa shape index (κ1) is 21.9. The number of benzene rings is 3. The molecule has 0 radical (unpaired) electrons. The van der Waals surface area contributed by atoms with E-state index in [0.29, 0.717) is 24.4 Å². The van der Waals surface area contributed by atoms with Crippen LogP contribution in [0.2, 0.25) is 0 Å². The molecular formula is C28H25N3O2S. The van der Waals surface area contributed by atoms with Crippen LogP contribution in [0.15, 0.2) is 96.5 Å². The van der Waals surface area contributed by atoms with E-state index in [0.717, 1.165) is 33.9 Å². The van der Waals surface area contributed by atoms with Crippen molar-refractivity contribution in [1.82, 2.24) is 14.3 Å². The molecule has 0 fully saturated rings. The quantitative estimate of drug-likeness (QED) is 0.283. The second kappa shape index (κ2) is 9.93. The van der Waals surface area contributed by atoms with Crippen LogP contribution in [-0.4, -0.2) is 33.8 Å². The molecule has 0 bridgehead atoms. The summed E-state index contributed by atoms with van der Waals surface area (Å²) in [7, 11) is 1.60. The summed E-state index contributed by atoms with van der Waals surface area (Å²) in [6.45, 7) is 1.11. The van der Waals surface area contributed by atoms with Gasteiger partial charge in [0, 0.05) is 42.3 Å². The van der Waals surface area contributed by atoms with Gasteiger partial charge < -0.3 is 9.64 Å². The Kier molecular flexibility index (Phi) is 6.40. The molecule has 0 aliphatic heterocycles. The number of carbonyl (C=O) groups excluding carboxylic acids is 1. The lowest BCUT2D eigenvalue weighted by Gasteiger charge is -2.24. The minimum absolute atomic E-state index is 0.0385. The summed E-state index contributed by atoms with van der Waals surface area (Å²) in [5.41, 5.74) is 4.86. The number of nitrogens with zero attached hydrogens (tertiary/aromatic N) is 3. The van der Waals surface area contributed by atoms with Crippen LogP contribution in [-0.2, 0) is 13.0 Å². The van der Waals surface area contributed by atoms with Crippen molar-refractivity contribution >= 4 is 22.2 Å². The summed E-state index contributed by atoms with van der Waals surface area (Å²) in [4.78, 5) is 21.2. The SMILES string of the molecule is COc1ccccc1C(=O)N(CCc1csc2nc(-c3ccccc3)cn12)Cc1ccccc1. The monoisotopic (exact) mass is 467 g/mol. The maximum Gasteiger partial charge on any atom is 0.257 e. The van der Waals surface area contributed by atoms with Gasteiger partial charge in [0.1, 0.15) is 5.75 Å². The van der Waals surface area contributed by atoms with Gasteiger partial charge in [-0.2, -0.15) is 0 Å². The Morgan fingerprint density at radius 3 is 2.44 bits per heavy atom. The molecule has 170 valence electrons. The van der Waals surface area contributed by atoms with Crippen LogP contribution in [0.25, 0.3) is 16.2 Å². The zero-order chi connectivity index (χ0) is 23.3. The summed E-state index contributed by atoms with van der Waals surface area (Å²) < 4.78 is 7.60. The Hall–Kier alpha value is -3.90. The molecule has 5 aromatic rings. The van der Waals surface area contributed by atoms with Gasteiger partial charge in [0.05, 0.1) is 18.4 Å². The lowest BCUT2D eigenvalue weighted by molar-refractivity contribution is 0.0741. The minimum Gasteiger partial charge on any atom is -0.496 e. The molecule has 0 N–H and O–H groups in total. The molecular weight excluding hydrogens is 442 g/mol. The molecule has 0 saturated heterocycles. The molecule has 2 aromatic heterocycles. The van der Waals surface area contributed by atoms with Gasteiger partial charge in [-0.05, 0) is 17.7 Å². The first-order chi connectivity index (χ1) is 16.7. The van der Waals surface area contributed by atoms with Crippen LogP contribution in [0.5, 0.6) is 5.75 Å². The van der Waals surface area contributed by atoms with E-state index in [9.17, 15) is 4.79 Å². The number of carbonyl (C=O) groups is 1. The highest BCUT2D eigenvalue weighted by atomic mass is 32.1. The maximum atomic E-state index is 13.6. The average molecular weight is 468 g/mol. The normalized spacial score (nSPS) is 11.0. The smallest absolute Gasteiger partial charge is 0.257 e. The van der Waals surface area contributed by atoms with Crippen molar-refractivity contribution < 1.29 is 9.53 Å². The molecule has 0 aliphatic carbocycles. The second-order valence-electron chi connectivity index (χ2n) is 8.03. The largest absolute Gasteiger partial charge is 0.496 e. The summed E-state index contributed by atoms with van der Waals surface area (Å²) in [5, 5.41) is 2.13. The lowest BCUT2D eigenvalue weighted by Crippen LogP contribution is -2.33. The number of fused-ring (bicyclic) bond motifs is 1. The molecule has 2 heterocycles. The first-order valence-corrected chi connectivity index (χ1v) is 12.1. The number of hydrogen-bond donors (Lipinski definition) is 0. The topological polar surface area (TPSA) is 46.8 Å². The molecule has 0 saturated carbocycles. The predicted octanol–water partition coefficient (Wildman–Crippen LogP) is 5.96. The molecule has 0 aliphatic rings. The van der Waals surface area contributed by atoms with Gasteiger partial charge in [0.25, 0.3) is 5.91 Å². The van der Waals surface area contributed by atoms with Gasteiger partial charge in [-0.3, -0.25) is 9.20 Å². The number of ether oxygens (including phenoxy) is 1. The molecule has 1 amide bonds. The molecule has 0 unspecified atom stereocenters. The number of hydrogen-bond acceptors (Lipinski definition) is 4. The van der Waals surface area contributed by atoms with Gasteiger partial charge in [0.15, 0.2) is 4.96 Å². The molecule has 5 rings (SSSR count). The van der Waals surface area contributed by atoms with E-state index in [1.54, 1.807) is 18.4 Å². The molecule has 0 atom stereocenters. The van der Waals surface area contributed by atoms with Crippen LogP contribution >= 0.6 is 11.3 Å². The fourth-order valence-electron chi connectivity index (χ4n) is 4.05. The van der Waals surface area contributed by atoms with Crippen molar-refractivity contribution in [3.05, 3.63) is 113 Å². The molecule has 3 aromatic carbocycles. The van der Waals surface area contributed by atoms with E-state index in [1.165, 1.54) is 0 Å². The van der Waals surface area contributed by atoms with Crippen LogP contribution in [0.3, 0.4) is 0 Å². The number of rotatable bonds is 8. The van der Waals surface area contributed by atoms with Gasteiger partial charge in [-0.25, -0.2) is 4.98 Å². The minimum atomic E-state index is -0.0385. The summed E-state index contributed by atoms with van der Waals surface area (Å²) in [5.74, 6) is 0.550. The number of thiazole rings is 1. The number of aromatic nitrogens is 2. The van der Waals surface area contributed by atoms with E-state index in [-0.39, 0.29) is 5.91 Å². The van der Waals surface area contributed by atoms with E-state index in [4.69, 9.17) is 9.72 Å². The van der Waals surface area contributed by atoms with Crippen LogP contribution in [0.4, 0.5) is 0 Å². The molecule has 34 heavy (non-hydrogen) atoms. The first-order valence-electron chi connectivity index (χ1n) is 11.2. The van der Waals surface area contributed by atoms with Crippen LogP contribution in [0.1, 0.15) is 21.6 Å². The fraction of sp³-hybridized carbons (Fsp3) is 0.143. The van der Waals surface area contributed by atoms with Crippen molar-refractivity contribution in [2.45, 2.75) is 13.0 Å². The van der Waals surface area contributed by atoms with Crippen molar-refractivity contribution in [2.75, 3.05) is 13.7 Å². The summed E-state index contributed by atoms with van der Waals surface area (Å²) >= 11 is 1.62. The van der Waals surface area contributed by atoms with E-state index >= 15 is 0 Å². The van der Waals surface area contributed by atoms with Gasteiger partial charge in [-0.1, -0.05) is 72.8 Å². The standard InChI is InChI=1S/C28H25N3O2S/c1-33-26-15-9-8-14-24(26)27(32)30(18-21-10-4-2-5-11-21)17-16-23-20-34-28-29-25(19-31(23)28)22-12-6-3-7-13-22/h2-15,19-20H,16-18H2,1H3. The third-order valence-corrected chi connectivity index (χ3v) is 6.72. The highest BCUT2D eigenvalue weighted by Gasteiger charge is 2.20. The maximum absolute atomic E-state index is 13.6. The van der Waals surface area contributed by atoms with Gasteiger partial charge in [0.2, 0.25) is 0 Å². The van der Waals surface area contributed by atoms with Gasteiger partial charge >= 0.3 is 0 Å². The highest BCUT2D eigenvalue weighted by molar-refractivity contribution is 7.15. The zero-order valence-corrected chi connectivity index (χ0v) is 19.7. The number of para-hydroxylation sites is 1. The predicted molar refractivity (Wildman–Crippen MR) is 136 cm³/mol. The molecule has 0 spiro atoms. The second-order valence-corrected chi connectivity index (χ2v) is 8.87. The van der Waals surface area contributed by atoms with E-state index in [2.05, 4.69) is 28.1 Å². The lowest BCUT2D eigenvalue weighted by atomic mass is 10.1. The van der Waals surface area contributed by atoms with Crippen molar-refractivity contribution in [3.8, 4) is 17.0 Å². The Labute approximate surface area is 202 Å². The van der Waals surface area contributed by atoms with Crippen LogP contribution < -0.4 is 4.74 Å². The average Bonchev–Trinajstić information content (AvgIpc) is 3.49. The third kappa shape index (κ3) is 4.58. The molecule has 6 heteroatoms. The highest BCUT2D eigenvalue weighted by Crippen LogP contribution is 2.25. The number of methoxy groups -OCH3 is 1. The Morgan fingerprint density at radius 2 is 1.68 bits per heavy atom. The Morgan fingerprint density at radius 1 is 0.971 bits per heavy atom. The van der Waals surface area contributed by atoms with E-state index < -0.39 is 0 Å². The van der Waals surface area contributed by atoms with Crippen molar-refractivity contribution in [2.24, 2.45) is 0 Å².